The molecule has 0 amide bonds. The molecule has 0 aliphatic carbocycles. The first kappa shape index (κ1) is 38.5. The van der Waals surface area contributed by atoms with Crippen molar-refractivity contribution < 1.29 is 20.4 Å². The lowest BCUT2D eigenvalue weighted by Crippen LogP contribution is -2.33. The molecule has 0 unspecified atom stereocenters. The molecule has 0 saturated carbocycles. The minimum Gasteiger partial charge on any atom is -0.508 e. The lowest BCUT2D eigenvalue weighted by atomic mass is 9.61. The molecule has 4 nitrogen and oxygen atoms in total. The fraction of sp³-hybridized carbons (Fsp3) is 0.375. The van der Waals surface area contributed by atoms with E-state index in [1.54, 1.807) is 24.3 Å². The summed E-state index contributed by atoms with van der Waals surface area (Å²) in [5.41, 5.74) is 7.67. The molecule has 0 spiro atoms. The molecule has 0 heterocycles. The SMILES string of the molecule is Cc1ccc(C(c2ccc(O)c(C(C)(C)C)c2)(c2ccc(O)c(C(C)(C)C)c2)c2ccc(O)c(C(C)(C)C)c2)c(-c2ccc(O)c(C(C)(C)C)c2)c1. The van der Waals surface area contributed by atoms with Crippen LogP contribution in [0.15, 0.2) is 91.0 Å². The maximum absolute atomic E-state index is 11.3. The molecule has 0 atom stereocenters. The van der Waals surface area contributed by atoms with Crippen LogP contribution in [0.2, 0.25) is 0 Å². The second-order valence-electron chi connectivity index (χ2n) is 18.7. The fourth-order valence-corrected chi connectivity index (χ4v) is 7.60. The third kappa shape index (κ3) is 7.05. The van der Waals surface area contributed by atoms with Gasteiger partial charge in [0.05, 0.1) is 5.41 Å². The van der Waals surface area contributed by atoms with Crippen LogP contribution in [0.25, 0.3) is 11.1 Å². The van der Waals surface area contributed by atoms with E-state index >= 15 is 0 Å². The van der Waals surface area contributed by atoms with E-state index in [0.717, 1.165) is 61.2 Å². The van der Waals surface area contributed by atoms with Crippen molar-refractivity contribution in [1.29, 1.82) is 0 Å². The average Bonchev–Trinajstić information content (AvgIpc) is 3.01. The first-order chi connectivity index (χ1) is 23.9. The summed E-state index contributed by atoms with van der Waals surface area (Å²) in [6.45, 7) is 27.3. The van der Waals surface area contributed by atoms with Crippen molar-refractivity contribution >= 4 is 0 Å². The zero-order valence-electron chi connectivity index (χ0n) is 33.4. The molecule has 0 aliphatic heterocycles. The van der Waals surface area contributed by atoms with Gasteiger partial charge in [0, 0.05) is 0 Å². The average molecular weight is 699 g/mol. The third-order valence-corrected chi connectivity index (χ3v) is 10.4. The van der Waals surface area contributed by atoms with Crippen LogP contribution in [0, 0.1) is 6.92 Å². The number of hydrogen-bond donors (Lipinski definition) is 4. The largest absolute Gasteiger partial charge is 0.508 e. The third-order valence-electron chi connectivity index (χ3n) is 10.4. The monoisotopic (exact) mass is 698 g/mol. The molecule has 0 saturated heterocycles. The summed E-state index contributed by atoms with van der Waals surface area (Å²) in [5, 5.41) is 45.1. The van der Waals surface area contributed by atoms with Crippen LogP contribution in [0.4, 0.5) is 0 Å². The summed E-state index contributed by atoms with van der Waals surface area (Å²) in [7, 11) is 0. The Labute approximate surface area is 311 Å². The Hall–Kier alpha value is -4.70. The van der Waals surface area contributed by atoms with E-state index in [4.69, 9.17) is 0 Å². The van der Waals surface area contributed by atoms with E-state index in [0.29, 0.717) is 0 Å². The summed E-state index contributed by atoms with van der Waals surface area (Å²) in [4.78, 5) is 0. The van der Waals surface area contributed by atoms with Crippen LogP contribution in [0.5, 0.6) is 23.0 Å². The Balaban J connectivity index is 2.11. The lowest BCUT2D eigenvalue weighted by molar-refractivity contribution is 0.444. The van der Waals surface area contributed by atoms with E-state index in [1.165, 1.54) is 0 Å². The predicted molar refractivity (Wildman–Crippen MR) is 216 cm³/mol. The van der Waals surface area contributed by atoms with E-state index in [-0.39, 0.29) is 44.7 Å². The summed E-state index contributed by atoms with van der Waals surface area (Å²) in [6.07, 6.45) is 0. The first-order valence-electron chi connectivity index (χ1n) is 18.3. The highest BCUT2D eigenvalue weighted by molar-refractivity contribution is 5.77. The van der Waals surface area contributed by atoms with E-state index in [2.05, 4.69) is 132 Å². The molecule has 0 aliphatic rings. The molecule has 5 aromatic rings. The van der Waals surface area contributed by atoms with Crippen molar-refractivity contribution in [3.63, 3.8) is 0 Å². The van der Waals surface area contributed by atoms with Crippen molar-refractivity contribution in [2.75, 3.05) is 0 Å². The van der Waals surface area contributed by atoms with Gasteiger partial charge in [0.15, 0.2) is 0 Å². The number of benzene rings is 5. The van der Waals surface area contributed by atoms with E-state index in [1.807, 2.05) is 24.3 Å². The molecule has 4 heteroatoms. The second kappa shape index (κ2) is 13.1. The first-order valence-corrected chi connectivity index (χ1v) is 18.3. The number of phenolic OH excluding ortho intramolecular Hbond substituents is 4. The Morgan fingerprint density at radius 1 is 0.346 bits per heavy atom. The highest BCUT2D eigenvalue weighted by Crippen LogP contribution is 2.53. The summed E-state index contributed by atoms with van der Waals surface area (Å²) in [5.74, 6) is 0.936. The van der Waals surface area contributed by atoms with Crippen molar-refractivity contribution in [3.8, 4) is 34.1 Å². The van der Waals surface area contributed by atoms with Gasteiger partial charge in [0.1, 0.15) is 23.0 Å². The van der Waals surface area contributed by atoms with Crippen molar-refractivity contribution in [3.05, 3.63) is 141 Å². The van der Waals surface area contributed by atoms with Gasteiger partial charge in [-0.2, -0.15) is 0 Å². The fourth-order valence-electron chi connectivity index (χ4n) is 7.60. The molecule has 0 aromatic heterocycles. The number of aromatic hydroxyl groups is 4. The van der Waals surface area contributed by atoms with Gasteiger partial charge in [-0.3, -0.25) is 0 Å². The quantitative estimate of drug-likeness (QED) is 0.138. The molecule has 0 radical (unpaired) electrons. The Kier molecular flexibility index (Phi) is 9.68. The number of rotatable bonds is 5. The summed E-state index contributed by atoms with van der Waals surface area (Å²) in [6, 6.07) is 30.2. The number of aryl methyl sites for hydroxylation is 1. The van der Waals surface area contributed by atoms with Crippen LogP contribution in [0.1, 0.15) is 133 Å². The Bertz CT molecular complexity index is 1970. The highest BCUT2D eigenvalue weighted by atomic mass is 16.3. The van der Waals surface area contributed by atoms with Gasteiger partial charge in [-0.05, 0) is 115 Å². The van der Waals surface area contributed by atoms with Crippen LogP contribution < -0.4 is 0 Å². The van der Waals surface area contributed by atoms with Gasteiger partial charge in [0.2, 0.25) is 0 Å². The second-order valence-corrected chi connectivity index (χ2v) is 18.7. The molecular formula is C48H58O4. The maximum atomic E-state index is 11.3. The minimum atomic E-state index is -1.02. The van der Waals surface area contributed by atoms with E-state index in [9.17, 15) is 20.4 Å². The topological polar surface area (TPSA) is 80.9 Å². The van der Waals surface area contributed by atoms with Gasteiger partial charge in [0.25, 0.3) is 0 Å². The van der Waals surface area contributed by atoms with Crippen molar-refractivity contribution in [2.45, 2.75) is 117 Å². The summed E-state index contributed by atoms with van der Waals surface area (Å²) < 4.78 is 0. The lowest BCUT2D eigenvalue weighted by Gasteiger charge is -2.41. The van der Waals surface area contributed by atoms with Crippen LogP contribution in [0.3, 0.4) is 0 Å². The molecule has 4 N–H and O–H groups in total. The van der Waals surface area contributed by atoms with Crippen LogP contribution in [-0.2, 0) is 27.1 Å². The van der Waals surface area contributed by atoms with Gasteiger partial charge in [-0.25, -0.2) is 0 Å². The molecule has 52 heavy (non-hydrogen) atoms. The van der Waals surface area contributed by atoms with Crippen molar-refractivity contribution in [2.24, 2.45) is 0 Å². The van der Waals surface area contributed by atoms with E-state index < -0.39 is 5.41 Å². The summed E-state index contributed by atoms with van der Waals surface area (Å²) >= 11 is 0. The van der Waals surface area contributed by atoms with Gasteiger partial charge < -0.3 is 20.4 Å². The molecule has 0 fully saturated rings. The smallest absolute Gasteiger partial charge is 0.119 e. The standard InChI is InChI=1S/C48H58O4/c1-29-14-19-35(34(24-29)30-15-20-40(49)36(25-30)44(2,3)4)48(31-16-21-41(50)37(26-31)45(5,6)7,32-17-22-42(51)38(27-32)46(8,9)10)33-18-23-43(52)39(28-33)47(11,12)13/h14-28,49-52H,1-13H3. The van der Waals surface area contributed by atoms with Gasteiger partial charge in [-0.1, -0.05) is 149 Å². The Morgan fingerprint density at radius 2 is 0.673 bits per heavy atom. The molecule has 274 valence electrons. The van der Waals surface area contributed by atoms with Gasteiger partial charge in [-0.15, -0.1) is 0 Å². The number of phenols is 4. The zero-order valence-corrected chi connectivity index (χ0v) is 33.4. The van der Waals surface area contributed by atoms with Gasteiger partial charge >= 0.3 is 0 Å². The molecule has 5 aromatic carbocycles. The highest BCUT2D eigenvalue weighted by Gasteiger charge is 2.43. The van der Waals surface area contributed by atoms with Crippen LogP contribution >= 0.6 is 0 Å². The number of hydrogen-bond acceptors (Lipinski definition) is 4. The van der Waals surface area contributed by atoms with Crippen molar-refractivity contribution in [1.82, 2.24) is 0 Å². The maximum Gasteiger partial charge on any atom is 0.119 e. The molecule has 5 rings (SSSR count). The predicted octanol–water partition coefficient (Wildman–Crippen LogP) is 12.1. The molecular weight excluding hydrogens is 641 g/mol. The van der Waals surface area contributed by atoms with Crippen LogP contribution in [-0.4, -0.2) is 20.4 Å². The normalized spacial score (nSPS) is 13.0. The molecule has 0 bridgehead atoms. The Morgan fingerprint density at radius 3 is 1.02 bits per heavy atom. The minimum absolute atomic E-state index is 0.227. The zero-order chi connectivity index (χ0) is 38.8.